The number of para-hydroxylation sites is 1. The van der Waals surface area contributed by atoms with Crippen LogP contribution < -0.4 is 15.0 Å². The predicted molar refractivity (Wildman–Crippen MR) is 138 cm³/mol. The quantitative estimate of drug-likeness (QED) is 0.458. The molecular formula is C28H28N2O3S. The van der Waals surface area contributed by atoms with Gasteiger partial charge < -0.3 is 15.0 Å². The highest BCUT2D eigenvalue weighted by Crippen LogP contribution is 2.42. The van der Waals surface area contributed by atoms with Gasteiger partial charge in [-0.2, -0.15) is 0 Å². The van der Waals surface area contributed by atoms with Gasteiger partial charge in [0.25, 0.3) is 11.8 Å². The first-order valence-electron chi connectivity index (χ1n) is 11.3. The van der Waals surface area contributed by atoms with Crippen LogP contribution in [-0.2, 0) is 11.2 Å². The second-order valence-electron chi connectivity index (χ2n) is 8.30. The number of carbonyl (C=O) groups is 2. The van der Waals surface area contributed by atoms with Crippen molar-refractivity contribution in [2.75, 3.05) is 19.1 Å². The van der Waals surface area contributed by atoms with Gasteiger partial charge in [-0.15, -0.1) is 0 Å². The fourth-order valence-corrected chi connectivity index (χ4v) is 4.95. The normalized spacial score (nSPS) is 15.1. The Kier molecular flexibility index (Phi) is 7.38. The summed E-state index contributed by atoms with van der Waals surface area (Å²) >= 11 is 1.41. The molecule has 0 unspecified atom stereocenters. The van der Waals surface area contributed by atoms with Gasteiger partial charge in [-0.25, -0.2) is 0 Å². The molecule has 0 saturated carbocycles. The van der Waals surface area contributed by atoms with E-state index in [0.717, 1.165) is 29.0 Å². The van der Waals surface area contributed by atoms with Crippen LogP contribution in [0.25, 0.3) is 6.08 Å². The van der Waals surface area contributed by atoms with Crippen LogP contribution >= 0.6 is 11.8 Å². The lowest BCUT2D eigenvalue weighted by molar-refractivity contribution is -0.114. The number of anilines is 1. The number of benzene rings is 3. The molecule has 1 N–H and O–H groups in total. The highest BCUT2D eigenvalue weighted by atomic mass is 32.2. The van der Waals surface area contributed by atoms with Gasteiger partial charge in [0, 0.05) is 29.1 Å². The standard InChI is InChI=1S/C28H28N2O3S/c1-19(13-14-20-9-5-4-6-10-20)29-27(31)22-15-16-25-23(17-22)30(2)28(32)26(34-25)18-21-11-7-8-12-24(21)33-3/h4-12,15-19H,13-14H2,1-3H3,(H,29,31)/b26-18+/t19-/m0/s1. The summed E-state index contributed by atoms with van der Waals surface area (Å²) in [6.45, 7) is 2.01. The summed E-state index contributed by atoms with van der Waals surface area (Å²) in [5.41, 5.74) is 3.38. The molecule has 4 rings (SSSR count). The van der Waals surface area contributed by atoms with E-state index in [2.05, 4.69) is 17.4 Å². The number of thioether (sulfide) groups is 1. The van der Waals surface area contributed by atoms with Crippen LogP contribution in [0.1, 0.15) is 34.8 Å². The van der Waals surface area contributed by atoms with Gasteiger partial charge >= 0.3 is 0 Å². The maximum Gasteiger partial charge on any atom is 0.264 e. The van der Waals surface area contributed by atoms with Gasteiger partial charge in [0.2, 0.25) is 0 Å². The minimum atomic E-state index is -0.135. The molecule has 0 aromatic heterocycles. The first-order valence-corrected chi connectivity index (χ1v) is 12.1. The van der Waals surface area contributed by atoms with Crippen LogP contribution in [0.4, 0.5) is 5.69 Å². The monoisotopic (exact) mass is 472 g/mol. The molecule has 3 aromatic carbocycles. The van der Waals surface area contributed by atoms with E-state index in [4.69, 9.17) is 4.74 Å². The fraction of sp³-hybridized carbons (Fsp3) is 0.214. The van der Waals surface area contributed by atoms with Gasteiger partial charge in [0.1, 0.15) is 5.75 Å². The zero-order valence-corrected chi connectivity index (χ0v) is 20.4. The number of nitrogens with zero attached hydrogens (tertiary/aromatic N) is 1. The lowest BCUT2D eigenvalue weighted by Crippen LogP contribution is -2.34. The Morgan fingerprint density at radius 2 is 1.82 bits per heavy atom. The number of nitrogens with one attached hydrogen (secondary N) is 1. The molecule has 0 aliphatic carbocycles. The Hall–Kier alpha value is -3.51. The van der Waals surface area contributed by atoms with E-state index in [9.17, 15) is 9.59 Å². The molecule has 0 saturated heterocycles. The number of rotatable bonds is 7. The average Bonchev–Trinajstić information content (AvgIpc) is 2.86. The van der Waals surface area contributed by atoms with Gasteiger partial charge in [-0.3, -0.25) is 9.59 Å². The SMILES string of the molecule is COc1ccccc1/C=C1/Sc2ccc(C(=O)N[C@@H](C)CCc3ccccc3)cc2N(C)C1=O. The van der Waals surface area contributed by atoms with Crippen molar-refractivity contribution >= 4 is 35.3 Å². The molecule has 3 aromatic rings. The number of fused-ring (bicyclic) bond motifs is 1. The molecule has 0 bridgehead atoms. The second-order valence-corrected chi connectivity index (χ2v) is 9.38. The van der Waals surface area contributed by atoms with Crippen molar-refractivity contribution in [3.63, 3.8) is 0 Å². The zero-order chi connectivity index (χ0) is 24.1. The summed E-state index contributed by atoms with van der Waals surface area (Å²) in [7, 11) is 3.35. The van der Waals surface area contributed by atoms with E-state index >= 15 is 0 Å². The van der Waals surface area contributed by atoms with Crippen LogP contribution in [0.3, 0.4) is 0 Å². The number of ether oxygens (including phenoxy) is 1. The van der Waals surface area contributed by atoms with Gasteiger partial charge in [0.05, 0.1) is 17.7 Å². The van der Waals surface area contributed by atoms with E-state index in [1.165, 1.54) is 17.3 Å². The number of hydrogen-bond acceptors (Lipinski definition) is 4. The maximum absolute atomic E-state index is 13.1. The summed E-state index contributed by atoms with van der Waals surface area (Å²) in [6.07, 6.45) is 3.61. The van der Waals surface area contributed by atoms with Crippen LogP contribution in [-0.4, -0.2) is 32.0 Å². The van der Waals surface area contributed by atoms with E-state index < -0.39 is 0 Å². The highest BCUT2D eigenvalue weighted by Gasteiger charge is 2.27. The molecule has 174 valence electrons. The lowest BCUT2D eigenvalue weighted by atomic mass is 10.1. The van der Waals surface area contributed by atoms with Crippen LogP contribution in [0.15, 0.2) is 82.6 Å². The van der Waals surface area contributed by atoms with Crippen molar-refractivity contribution in [3.05, 3.63) is 94.4 Å². The summed E-state index contributed by atoms with van der Waals surface area (Å²) in [5.74, 6) is 0.465. The number of aryl methyl sites for hydroxylation is 1. The molecule has 5 nitrogen and oxygen atoms in total. The van der Waals surface area contributed by atoms with Crippen LogP contribution in [0, 0.1) is 0 Å². The van der Waals surface area contributed by atoms with Gasteiger partial charge in [0.15, 0.2) is 0 Å². The van der Waals surface area contributed by atoms with Crippen molar-refractivity contribution in [2.24, 2.45) is 0 Å². The largest absolute Gasteiger partial charge is 0.496 e. The zero-order valence-electron chi connectivity index (χ0n) is 19.6. The van der Waals surface area contributed by atoms with Crippen molar-refractivity contribution in [1.29, 1.82) is 0 Å². The predicted octanol–water partition coefficient (Wildman–Crippen LogP) is 5.56. The highest BCUT2D eigenvalue weighted by molar-refractivity contribution is 8.04. The number of methoxy groups -OCH3 is 1. The van der Waals surface area contributed by atoms with Crippen LogP contribution in [0.5, 0.6) is 5.75 Å². The number of carbonyl (C=O) groups excluding carboxylic acids is 2. The molecular weight excluding hydrogens is 444 g/mol. The Bertz CT molecular complexity index is 1220. The van der Waals surface area contributed by atoms with Crippen molar-refractivity contribution in [1.82, 2.24) is 5.32 Å². The maximum atomic E-state index is 13.1. The Labute approximate surface area is 204 Å². The molecule has 1 aliphatic rings. The molecule has 1 atom stereocenters. The molecule has 1 heterocycles. The molecule has 0 spiro atoms. The molecule has 34 heavy (non-hydrogen) atoms. The smallest absolute Gasteiger partial charge is 0.264 e. The van der Waals surface area contributed by atoms with E-state index in [1.807, 2.05) is 67.6 Å². The topological polar surface area (TPSA) is 58.6 Å². The molecule has 6 heteroatoms. The third kappa shape index (κ3) is 5.34. The third-order valence-corrected chi connectivity index (χ3v) is 6.91. The van der Waals surface area contributed by atoms with Gasteiger partial charge in [-0.05, 0) is 55.7 Å². The first kappa shape index (κ1) is 23.6. The second kappa shape index (κ2) is 10.6. The van der Waals surface area contributed by atoms with Crippen molar-refractivity contribution < 1.29 is 14.3 Å². The van der Waals surface area contributed by atoms with Gasteiger partial charge in [-0.1, -0.05) is 60.3 Å². The third-order valence-electron chi connectivity index (χ3n) is 5.83. The van der Waals surface area contributed by atoms with Crippen LogP contribution in [0.2, 0.25) is 0 Å². The molecule has 0 radical (unpaired) electrons. The summed E-state index contributed by atoms with van der Waals surface area (Å²) < 4.78 is 5.41. The van der Waals surface area contributed by atoms with E-state index in [-0.39, 0.29) is 17.9 Å². The number of hydrogen-bond donors (Lipinski definition) is 1. The Morgan fingerprint density at radius 3 is 2.59 bits per heavy atom. The van der Waals surface area contributed by atoms with Crippen molar-refractivity contribution in [2.45, 2.75) is 30.7 Å². The molecule has 2 amide bonds. The minimum Gasteiger partial charge on any atom is -0.496 e. The molecule has 0 fully saturated rings. The van der Waals surface area contributed by atoms with Crippen molar-refractivity contribution in [3.8, 4) is 5.75 Å². The number of likely N-dealkylation sites (N-methyl/N-ethyl adjacent to an activating group) is 1. The number of amides is 2. The molecule has 1 aliphatic heterocycles. The van der Waals surface area contributed by atoms with E-state index in [0.29, 0.717) is 16.2 Å². The Morgan fingerprint density at radius 1 is 1.09 bits per heavy atom. The Balaban J connectivity index is 1.47. The minimum absolute atomic E-state index is 0.0351. The van der Waals surface area contributed by atoms with E-state index in [1.54, 1.807) is 25.1 Å². The fourth-order valence-electron chi connectivity index (χ4n) is 3.87. The lowest BCUT2D eigenvalue weighted by Gasteiger charge is -2.27. The summed E-state index contributed by atoms with van der Waals surface area (Å²) in [4.78, 5) is 29.1. The first-order chi connectivity index (χ1) is 16.5. The summed E-state index contributed by atoms with van der Waals surface area (Å²) in [5, 5.41) is 3.08. The average molecular weight is 473 g/mol. The summed E-state index contributed by atoms with van der Waals surface area (Å²) in [6, 6.07) is 23.4.